The van der Waals surface area contributed by atoms with E-state index in [2.05, 4.69) is 10.3 Å². The molecule has 0 bridgehead atoms. The highest BCUT2D eigenvalue weighted by atomic mass is 35.5. The van der Waals surface area contributed by atoms with Gasteiger partial charge in [0, 0.05) is 11.3 Å². The lowest BCUT2D eigenvalue weighted by Crippen LogP contribution is -2.31. The van der Waals surface area contributed by atoms with Crippen molar-refractivity contribution >= 4 is 51.0 Å². The van der Waals surface area contributed by atoms with Gasteiger partial charge in [0.05, 0.1) is 24.0 Å². The molecule has 0 aliphatic carbocycles. The molecular formula is C19H14ClN3O2S. The van der Waals surface area contributed by atoms with Crippen LogP contribution in [0.15, 0.2) is 66.4 Å². The number of hydrogen-bond acceptors (Lipinski definition) is 5. The molecule has 7 heteroatoms. The van der Waals surface area contributed by atoms with Crippen molar-refractivity contribution in [3.05, 3.63) is 76.4 Å². The van der Waals surface area contributed by atoms with E-state index < -0.39 is 0 Å². The molecule has 1 aromatic heterocycles. The molecule has 130 valence electrons. The van der Waals surface area contributed by atoms with Crippen molar-refractivity contribution in [3.8, 4) is 0 Å². The second kappa shape index (κ2) is 6.82. The number of para-hydroxylation sites is 2. The van der Waals surface area contributed by atoms with Crippen LogP contribution in [0.5, 0.6) is 0 Å². The lowest BCUT2D eigenvalue weighted by atomic mass is 9.99. The molecule has 0 fully saturated rings. The molecular weight excluding hydrogens is 370 g/mol. The summed E-state index contributed by atoms with van der Waals surface area (Å²) in [6.07, 6.45) is 1.49. The third-order valence-corrected chi connectivity index (χ3v) is 5.14. The van der Waals surface area contributed by atoms with Gasteiger partial charge in [0.2, 0.25) is 0 Å². The zero-order valence-electron chi connectivity index (χ0n) is 13.5. The summed E-state index contributed by atoms with van der Waals surface area (Å²) in [4.78, 5) is 18.7. The van der Waals surface area contributed by atoms with Crippen LogP contribution < -0.4 is 10.2 Å². The molecule has 0 saturated carbocycles. The summed E-state index contributed by atoms with van der Waals surface area (Å²) in [5.41, 5.74) is 2.71. The van der Waals surface area contributed by atoms with Gasteiger partial charge in [-0.15, -0.1) is 0 Å². The van der Waals surface area contributed by atoms with Gasteiger partial charge in [0.25, 0.3) is 5.91 Å². The van der Waals surface area contributed by atoms with Gasteiger partial charge in [0.1, 0.15) is 10.8 Å². The minimum absolute atomic E-state index is 0.0131. The second-order valence-corrected chi connectivity index (χ2v) is 7.31. The zero-order chi connectivity index (χ0) is 18.1. The fraction of sp³-hybridized carbons (Fsp3) is 0.0526. The zero-order valence-corrected chi connectivity index (χ0v) is 15.1. The maximum absolute atomic E-state index is 12.8. The van der Waals surface area contributed by atoms with Crippen LogP contribution in [0.2, 0.25) is 4.47 Å². The standard InChI is InChI=1S/C19H14ClN3O2S/c20-19-21-10-16(26-19)22-18(25)14-11-23(12-6-2-1-3-7-12)15-9-5-4-8-13(15)17(14)24/h1-10,24H,11H2,(H,22,25). The van der Waals surface area contributed by atoms with Gasteiger partial charge in [0.15, 0.2) is 4.47 Å². The number of hydrogen-bond donors (Lipinski definition) is 2. The monoisotopic (exact) mass is 383 g/mol. The highest BCUT2D eigenvalue weighted by Crippen LogP contribution is 2.38. The average Bonchev–Trinajstić information content (AvgIpc) is 3.07. The topological polar surface area (TPSA) is 65.5 Å². The minimum atomic E-state index is -0.377. The van der Waals surface area contributed by atoms with E-state index in [1.54, 1.807) is 6.07 Å². The van der Waals surface area contributed by atoms with Crippen molar-refractivity contribution in [3.63, 3.8) is 0 Å². The van der Waals surface area contributed by atoms with Crippen LogP contribution in [0.1, 0.15) is 5.56 Å². The molecule has 2 N–H and O–H groups in total. The molecule has 1 amide bonds. The van der Waals surface area contributed by atoms with Crippen LogP contribution in [0, 0.1) is 0 Å². The number of benzene rings is 2. The van der Waals surface area contributed by atoms with E-state index in [0.29, 0.717) is 15.0 Å². The normalized spacial score (nSPS) is 13.5. The maximum Gasteiger partial charge on any atom is 0.257 e. The van der Waals surface area contributed by atoms with Crippen LogP contribution in [0.3, 0.4) is 0 Å². The first-order valence-electron chi connectivity index (χ1n) is 7.90. The Hall–Kier alpha value is -2.83. The summed E-state index contributed by atoms with van der Waals surface area (Å²) in [6, 6.07) is 17.2. The Morgan fingerprint density at radius 2 is 1.88 bits per heavy atom. The Morgan fingerprint density at radius 1 is 1.15 bits per heavy atom. The minimum Gasteiger partial charge on any atom is -0.507 e. The molecule has 2 aromatic carbocycles. The first kappa shape index (κ1) is 16.6. The number of aliphatic hydroxyl groups excluding tert-OH is 1. The molecule has 26 heavy (non-hydrogen) atoms. The summed E-state index contributed by atoms with van der Waals surface area (Å²) < 4.78 is 0.346. The average molecular weight is 384 g/mol. The van der Waals surface area contributed by atoms with Crippen LogP contribution in [0.25, 0.3) is 5.76 Å². The number of thiazole rings is 1. The van der Waals surface area contributed by atoms with Gasteiger partial charge < -0.3 is 15.3 Å². The Labute approximate surface area is 159 Å². The van der Waals surface area contributed by atoms with E-state index in [-0.39, 0.29) is 23.8 Å². The Balaban J connectivity index is 1.74. The summed E-state index contributed by atoms with van der Waals surface area (Å²) in [7, 11) is 0. The molecule has 4 rings (SSSR count). The largest absolute Gasteiger partial charge is 0.507 e. The van der Waals surface area contributed by atoms with E-state index in [0.717, 1.165) is 11.4 Å². The number of fused-ring (bicyclic) bond motifs is 1. The molecule has 5 nitrogen and oxygen atoms in total. The summed E-state index contributed by atoms with van der Waals surface area (Å²) in [5, 5.41) is 14.0. The van der Waals surface area contributed by atoms with E-state index in [9.17, 15) is 9.90 Å². The SMILES string of the molecule is O=C(Nc1cnc(Cl)s1)C1=C(O)c2ccccc2N(c2ccccc2)C1. The van der Waals surface area contributed by atoms with Crippen LogP contribution in [-0.2, 0) is 4.79 Å². The van der Waals surface area contributed by atoms with E-state index in [4.69, 9.17) is 11.6 Å². The fourth-order valence-electron chi connectivity index (χ4n) is 2.91. The number of rotatable bonds is 3. The van der Waals surface area contributed by atoms with Crippen molar-refractivity contribution in [2.24, 2.45) is 0 Å². The molecule has 1 aliphatic rings. The number of halogens is 1. The van der Waals surface area contributed by atoms with Crippen molar-refractivity contribution in [1.82, 2.24) is 4.98 Å². The van der Waals surface area contributed by atoms with E-state index >= 15 is 0 Å². The van der Waals surface area contributed by atoms with Gasteiger partial charge in [-0.05, 0) is 24.3 Å². The number of nitrogens with one attached hydrogen (secondary N) is 1. The maximum atomic E-state index is 12.8. The Bertz CT molecular complexity index is 1000. The highest BCUT2D eigenvalue weighted by Gasteiger charge is 2.29. The van der Waals surface area contributed by atoms with Crippen LogP contribution >= 0.6 is 22.9 Å². The predicted molar refractivity (Wildman–Crippen MR) is 105 cm³/mol. The summed E-state index contributed by atoms with van der Waals surface area (Å²) >= 11 is 6.98. The highest BCUT2D eigenvalue weighted by molar-refractivity contribution is 7.19. The number of nitrogens with zero attached hydrogens (tertiary/aromatic N) is 2. The molecule has 2 heterocycles. The van der Waals surface area contributed by atoms with Gasteiger partial charge in [-0.2, -0.15) is 0 Å². The molecule has 3 aromatic rings. The van der Waals surface area contributed by atoms with Crippen molar-refractivity contribution < 1.29 is 9.90 Å². The predicted octanol–water partition coefficient (Wildman–Crippen LogP) is 4.86. The van der Waals surface area contributed by atoms with Gasteiger partial charge in [-0.25, -0.2) is 4.98 Å². The number of carbonyl (C=O) groups excluding carboxylic acids is 1. The molecule has 0 atom stereocenters. The van der Waals surface area contributed by atoms with Crippen molar-refractivity contribution in [2.75, 3.05) is 16.8 Å². The smallest absolute Gasteiger partial charge is 0.257 e. The van der Waals surface area contributed by atoms with Gasteiger partial charge in [-0.1, -0.05) is 53.3 Å². The number of amides is 1. The van der Waals surface area contributed by atoms with Gasteiger partial charge in [-0.3, -0.25) is 4.79 Å². The first-order valence-corrected chi connectivity index (χ1v) is 9.09. The number of carbonyl (C=O) groups is 1. The van der Waals surface area contributed by atoms with Crippen LogP contribution in [-0.4, -0.2) is 22.5 Å². The number of anilines is 3. The Kier molecular flexibility index (Phi) is 4.36. The van der Waals surface area contributed by atoms with Crippen molar-refractivity contribution in [1.29, 1.82) is 0 Å². The molecule has 1 aliphatic heterocycles. The first-order chi connectivity index (χ1) is 12.6. The second-order valence-electron chi connectivity index (χ2n) is 5.70. The van der Waals surface area contributed by atoms with Crippen LogP contribution in [0.4, 0.5) is 16.4 Å². The fourth-order valence-corrected chi connectivity index (χ4v) is 3.74. The van der Waals surface area contributed by atoms with Crippen molar-refractivity contribution in [2.45, 2.75) is 0 Å². The van der Waals surface area contributed by atoms with E-state index in [1.807, 2.05) is 53.4 Å². The molecule has 0 unspecified atom stereocenters. The molecule has 0 saturated heterocycles. The Morgan fingerprint density at radius 3 is 2.62 bits per heavy atom. The van der Waals surface area contributed by atoms with Gasteiger partial charge >= 0.3 is 0 Å². The number of aliphatic hydroxyl groups is 1. The lowest BCUT2D eigenvalue weighted by molar-refractivity contribution is -0.112. The third kappa shape index (κ3) is 3.05. The quantitative estimate of drug-likeness (QED) is 0.678. The third-order valence-electron chi connectivity index (χ3n) is 4.11. The summed E-state index contributed by atoms with van der Waals surface area (Å²) in [6.45, 7) is 0.255. The molecule has 0 spiro atoms. The van der Waals surface area contributed by atoms with E-state index in [1.165, 1.54) is 17.5 Å². The number of aromatic nitrogens is 1. The summed E-state index contributed by atoms with van der Waals surface area (Å²) in [5.74, 6) is -0.390. The lowest BCUT2D eigenvalue weighted by Gasteiger charge is -2.32. The molecule has 0 radical (unpaired) electrons.